The van der Waals surface area contributed by atoms with Crippen molar-refractivity contribution in [3.8, 4) is 5.75 Å². The first-order valence-corrected chi connectivity index (χ1v) is 11.4. The zero-order chi connectivity index (χ0) is 18.1. The molecular formula is C18H23N3O3S2. The van der Waals surface area contributed by atoms with Gasteiger partial charge in [0.1, 0.15) is 15.8 Å². The van der Waals surface area contributed by atoms with Gasteiger partial charge in [-0.1, -0.05) is 0 Å². The summed E-state index contributed by atoms with van der Waals surface area (Å²) in [6, 6.07) is 6.67. The summed E-state index contributed by atoms with van der Waals surface area (Å²) in [5.74, 6) is 1.64. The van der Waals surface area contributed by atoms with Crippen molar-refractivity contribution in [2.24, 2.45) is 0 Å². The van der Waals surface area contributed by atoms with E-state index in [1.807, 2.05) is 6.92 Å². The molecule has 1 saturated heterocycles. The summed E-state index contributed by atoms with van der Waals surface area (Å²) < 4.78 is 32.7. The maximum absolute atomic E-state index is 12.9. The fourth-order valence-electron chi connectivity index (χ4n) is 3.27. The van der Waals surface area contributed by atoms with Crippen LogP contribution in [0.1, 0.15) is 54.5 Å². The second kappa shape index (κ2) is 7.25. The molecule has 1 aliphatic heterocycles. The smallest absolute Gasteiger partial charge is 0.243 e. The zero-order valence-corrected chi connectivity index (χ0v) is 16.4. The molecule has 0 atom stereocenters. The van der Waals surface area contributed by atoms with Crippen LogP contribution in [-0.2, 0) is 10.0 Å². The maximum atomic E-state index is 12.9. The molecular weight excluding hydrogens is 370 g/mol. The van der Waals surface area contributed by atoms with Gasteiger partial charge in [0.15, 0.2) is 0 Å². The molecule has 1 aromatic heterocycles. The Kier molecular flexibility index (Phi) is 4.98. The van der Waals surface area contributed by atoms with Crippen LogP contribution < -0.4 is 4.74 Å². The molecule has 0 unspecified atom stereocenters. The summed E-state index contributed by atoms with van der Waals surface area (Å²) in [6.45, 7) is 3.52. The normalized spacial score (nSPS) is 19.6. The highest BCUT2D eigenvalue weighted by Gasteiger charge is 2.33. The Morgan fingerprint density at radius 3 is 2.15 bits per heavy atom. The van der Waals surface area contributed by atoms with Crippen molar-refractivity contribution >= 4 is 21.4 Å². The molecule has 140 valence electrons. The largest absolute Gasteiger partial charge is 0.494 e. The third-order valence-corrected chi connectivity index (χ3v) is 8.12. The van der Waals surface area contributed by atoms with E-state index in [4.69, 9.17) is 4.74 Å². The average Bonchev–Trinajstić information content (AvgIpc) is 3.39. The molecule has 2 aromatic rings. The lowest BCUT2D eigenvalue weighted by Crippen LogP contribution is -2.37. The predicted octanol–water partition coefficient (Wildman–Crippen LogP) is 3.38. The fourth-order valence-corrected chi connectivity index (χ4v) is 5.93. The Morgan fingerprint density at radius 1 is 1.04 bits per heavy atom. The molecule has 6 nitrogen and oxygen atoms in total. The van der Waals surface area contributed by atoms with E-state index in [-0.39, 0.29) is 0 Å². The third-order valence-electron chi connectivity index (χ3n) is 4.96. The number of hydrogen-bond donors (Lipinski definition) is 0. The monoisotopic (exact) mass is 393 g/mol. The summed E-state index contributed by atoms with van der Waals surface area (Å²) in [6.07, 6.45) is 4.06. The number of hydrogen-bond acceptors (Lipinski definition) is 6. The van der Waals surface area contributed by atoms with Crippen LogP contribution >= 0.6 is 11.3 Å². The number of sulfonamides is 1. The molecule has 2 heterocycles. The van der Waals surface area contributed by atoms with Crippen LogP contribution in [0.15, 0.2) is 29.2 Å². The average molecular weight is 394 g/mol. The van der Waals surface area contributed by atoms with E-state index >= 15 is 0 Å². The quantitative estimate of drug-likeness (QED) is 0.752. The minimum absolute atomic E-state index is 0.325. The number of piperidine rings is 1. The van der Waals surface area contributed by atoms with Crippen molar-refractivity contribution in [1.29, 1.82) is 0 Å². The molecule has 0 bridgehead atoms. The van der Waals surface area contributed by atoms with Gasteiger partial charge in [-0.15, -0.1) is 21.5 Å². The van der Waals surface area contributed by atoms with Crippen molar-refractivity contribution in [2.75, 3.05) is 19.7 Å². The Labute approximate surface area is 158 Å². The van der Waals surface area contributed by atoms with Crippen molar-refractivity contribution < 1.29 is 13.2 Å². The highest BCUT2D eigenvalue weighted by molar-refractivity contribution is 7.89. The molecule has 0 amide bonds. The van der Waals surface area contributed by atoms with Crippen molar-refractivity contribution in [2.45, 2.75) is 49.3 Å². The number of aromatic nitrogens is 2. The summed E-state index contributed by atoms with van der Waals surface area (Å²) in [7, 11) is -3.45. The lowest BCUT2D eigenvalue weighted by molar-refractivity contribution is 0.318. The minimum Gasteiger partial charge on any atom is -0.494 e. The van der Waals surface area contributed by atoms with E-state index in [2.05, 4.69) is 10.2 Å². The van der Waals surface area contributed by atoms with Gasteiger partial charge in [-0.25, -0.2) is 8.42 Å². The van der Waals surface area contributed by atoms with Crippen LogP contribution in [0.2, 0.25) is 0 Å². The van der Waals surface area contributed by atoms with Crippen LogP contribution in [0.3, 0.4) is 0 Å². The van der Waals surface area contributed by atoms with Gasteiger partial charge < -0.3 is 4.74 Å². The molecule has 0 radical (unpaired) electrons. The van der Waals surface area contributed by atoms with E-state index in [1.54, 1.807) is 39.9 Å². The van der Waals surface area contributed by atoms with E-state index in [9.17, 15) is 8.42 Å². The molecule has 2 fully saturated rings. The SMILES string of the molecule is CCOc1ccc(S(=O)(=O)N2CCC(c3nnc(C4CC4)s3)CC2)cc1. The van der Waals surface area contributed by atoms with E-state index < -0.39 is 10.0 Å². The van der Waals surface area contributed by atoms with Crippen LogP contribution in [0.25, 0.3) is 0 Å². The maximum Gasteiger partial charge on any atom is 0.243 e. The van der Waals surface area contributed by atoms with Crippen LogP contribution in [0.4, 0.5) is 0 Å². The number of ether oxygens (including phenoxy) is 1. The highest BCUT2D eigenvalue weighted by Crippen LogP contribution is 2.43. The van der Waals surface area contributed by atoms with Gasteiger partial charge in [-0.05, 0) is 56.9 Å². The van der Waals surface area contributed by atoms with Gasteiger partial charge in [0.2, 0.25) is 10.0 Å². The molecule has 1 aromatic carbocycles. The molecule has 4 rings (SSSR count). The fraction of sp³-hybridized carbons (Fsp3) is 0.556. The molecule has 0 N–H and O–H groups in total. The Bertz CT molecular complexity index is 852. The first kappa shape index (κ1) is 17.9. The van der Waals surface area contributed by atoms with E-state index in [0.717, 1.165) is 22.9 Å². The predicted molar refractivity (Wildman–Crippen MR) is 100 cm³/mol. The summed E-state index contributed by atoms with van der Waals surface area (Å²) in [5.41, 5.74) is 0. The van der Waals surface area contributed by atoms with Gasteiger partial charge in [-0.2, -0.15) is 4.31 Å². The van der Waals surface area contributed by atoms with Crippen LogP contribution in [0, 0.1) is 0 Å². The van der Waals surface area contributed by atoms with Gasteiger partial charge in [0, 0.05) is 24.9 Å². The first-order valence-electron chi connectivity index (χ1n) is 9.14. The minimum atomic E-state index is -3.45. The second-order valence-corrected chi connectivity index (χ2v) is 9.81. The number of nitrogens with zero attached hydrogens (tertiary/aromatic N) is 3. The van der Waals surface area contributed by atoms with Gasteiger partial charge in [-0.3, -0.25) is 0 Å². The standard InChI is InChI=1S/C18H23N3O3S2/c1-2-24-15-5-7-16(8-6-15)26(22,23)21-11-9-14(10-12-21)18-20-19-17(25-18)13-3-4-13/h5-8,13-14H,2-4,9-12H2,1H3. The van der Waals surface area contributed by atoms with Crippen LogP contribution in [0.5, 0.6) is 5.75 Å². The van der Waals surface area contributed by atoms with Crippen LogP contribution in [-0.4, -0.2) is 42.6 Å². The summed E-state index contributed by atoms with van der Waals surface area (Å²) in [4.78, 5) is 0.325. The Morgan fingerprint density at radius 2 is 1.62 bits per heavy atom. The topological polar surface area (TPSA) is 72.4 Å². The lowest BCUT2D eigenvalue weighted by atomic mass is 9.99. The second-order valence-electron chi connectivity index (χ2n) is 6.84. The number of rotatable bonds is 6. The third kappa shape index (κ3) is 3.63. The highest BCUT2D eigenvalue weighted by atomic mass is 32.2. The summed E-state index contributed by atoms with van der Waals surface area (Å²) >= 11 is 1.72. The first-order chi connectivity index (χ1) is 12.6. The molecule has 8 heteroatoms. The summed E-state index contributed by atoms with van der Waals surface area (Å²) in [5, 5.41) is 10.9. The van der Waals surface area contributed by atoms with Gasteiger partial charge >= 0.3 is 0 Å². The molecule has 0 spiro atoms. The number of benzene rings is 1. The molecule has 1 aliphatic carbocycles. The van der Waals surface area contributed by atoms with Crippen molar-refractivity contribution in [3.63, 3.8) is 0 Å². The molecule has 2 aliphatic rings. The Hall–Kier alpha value is -1.51. The van der Waals surface area contributed by atoms with Crippen molar-refractivity contribution in [3.05, 3.63) is 34.3 Å². The Balaban J connectivity index is 1.41. The molecule has 1 saturated carbocycles. The lowest BCUT2D eigenvalue weighted by Gasteiger charge is -2.30. The van der Waals surface area contributed by atoms with Gasteiger partial charge in [0.25, 0.3) is 0 Å². The van der Waals surface area contributed by atoms with Gasteiger partial charge in [0.05, 0.1) is 11.5 Å². The van der Waals surface area contributed by atoms with E-state index in [0.29, 0.717) is 42.2 Å². The molecule has 26 heavy (non-hydrogen) atoms. The van der Waals surface area contributed by atoms with Crippen molar-refractivity contribution in [1.82, 2.24) is 14.5 Å². The zero-order valence-electron chi connectivity index (χ0n) is 14.8. The van der Waals surface area contributed by atoms with E-state index in [1.165, 1.54) is 12.8 Å².